The SMILES string of the molecule is CCCC(CC)N(CCC(C)(C)C)c1ncc(CC)cn1. The van der Waals surface area contributed by atoms with E-state index < -0.39 is 0 Å². The Balaban J connectivity index is 2.92. The van der Waals surface area contributed by atoms with Crippen LogP contribution in [0, 0.1) is 5.41 Å². The maximum Gasteiger partial charge on any atom is 0.225 e. The van der Waals surface area contributed by atoms with Crippen LogP contribution in [-0.2, 0) is 6.42 Å². The predicted octanol–water partition coefficient (Wildman–Crippen LogP) is 4.86. The lowest BCUT2D eigenvalue weighted by Crippen LogP contribution is -2.38. The molecular formula is C18H33N3. The topological polar surface area (TPSA) is 29.0 Å². The molecule has 1 aromatic rings. The van der Waals surface area contributed by atoms with Gasteiger partial charge in [0.15, 0.2) is 0 Å². The van der Waals surface area contributed by atoms with E-state index in [1.54, 1.807) is 0 Å². The van der Waals surface area contributed by atoms with Gasteiger partial charge in [-0.3, -0.25) is 0 Å². The molecule has 3 nitrogen and oxygen atoms in total. The van der Waals surface area contributed by atoms with Gasteiger partial charge in [0.1, 0.15) is 0 Å². The van der Waals surface area contributed by atoms with Crippen molar-refractivity contribution in [1.82, 2.24) is 9.97 Å². The average Bonchev–Trinajstić information content (AvgIpc) is 2.45. The normalized spacial score (nSPS) is 13.2. The zero-order valence-electron chi connectivity index (χ0n) is 14.8. The number of aryl methyl sites for hydroxylation is 1. The van der Waals surface area contributed by atoms with Crippen LogP contribution in [0.1, 0.15) is 72.8 Å². The summed E-state index contributed by atoms with van der Waals surface area (Å²) in [5, 5.41) is 0. The van der Waals surface area contributed by atoms with Gasteiger partial charge in [0, 0.05) is 25.0 Å². The molecule has 0 aromatic carbocycles. The minimum Gasteiger partial charge on any atom is -0.338 e. The third-order valence-corrected chi connectivity index (χ3v) is 3.99. The molecule has 0 N–H and O–H groups in total. The molecule has 3 heteroatoms. The summed E-state index contributed by atoms with van der Waals surface area (Å²) in [7, 11) is 0. The van der Waals surface area contributed by atoms with Crippen LogP contribution in [0.3, 0.4) is 0 Å². The quantitative estimate of drug-likeness (QED) is 0.685. The zero-order valence-corrected chi connectivity index (χ0v) is 14.8. The Morgan fingerprint density at radius 2 is 1.71 bits per heavy atom. The largest absolute Gasteiger partial charge is 0.338 e. The third-order valence-electron chi connectivity index (χ3n) is 3.99. The van der Waals surface area contributed by atoms with Crippen molar-refractivity contribution in [2.75, 3.05) is 11.4 Å². The fourth-order valence-electron chi connectivity index (χ4n) is 2.49. The number of rotatable bonds is 8. The standard InChI is InChI=1S/C18H33N3/c1-7-10-16(9-3)21(12-11-18(4,5)6)17-19-13-15(8-2)14-20-17/h13-14,16H,7-12H2,1-6H3. The monoisotopic (exact) mass is 291 g/mol. The molecule has 1 unspecified atom stereocenters. The van der Waals surface area contributed by atoms with Gasteiger partial charge in [-0.15, -0.1) is 0 Å². The predicted molar refractivity (Wildman–Crippen MR) is 91.8 cm³/mol. The maximum absolute atomic E-state index is 4.62. The molecule has 0 aliphatic carbocycles. The number of hydrogen-bond acceptors (Lipinski definition) is 3. The first-order chi connectivity index (χ1) is 9.91. The van der Waals surface area contributed by atoms with Crippen molar-refractivity contribution in [2.24, 2.45) is 5.41 Å². The lowest BCUT2D eigenvalue weighted by atomic mass is 9.91. The van der Waals surface area contributed by atoms with Gasteiger partial charge in [-0.05, 0) is 36.7 Å². The van der Waals surface area contributed by atoms with Crippen LogP contribution in [-0.4, -0.2) is 22.6 Å². The summed E-state index contributed by atoms with van der Waals surface area (Å²) < 4.78 is 0. The molecule has 0 fully saturated rings. The summed E-state index contributed by atoms with van der Waals surface area (Å²) in [6.45, 7) is 14.6. The van der Waals surface area contributed by atoms with Crippen LogP contribution < -0.4 is 4.90 Å². The van der Waals surface area contributed by atoms with Gasteiger partial charge >= 0.3 is 0 Å². The number of aromatic nitrogens is 2. The van der Waals surface area contributed by atoms with Gasteiger partial charge in [-0.2, -0.15) is 0 Å². The van der Waals surface area contributed by atoms with Gasteiger partial charge in [0.2, 0.25) is 5.95 Å². The second kappa shape index (κ2) is 8.35. The van der Waals surface area contributed by atoms with Gasteiger partial charge in [0.25, 0.3) is 0 Å². The first-order valence-electron chi connectivity index (χ1n) is 8.48. The molecular weight excluding hydrogens is 258 g/mol. The summed E-state index contributed by atoms with van der Waals surface area (Å²) in [5.41, 5.74) is 1.55. The molecule has 120 valence electrons. The molecule has 0 saturated heterocycles. The van der Waals surface area contributed by atoms with Crippen molar-refractivity contribution < 1.29 is 0 Å². The Labute approximate surface area is 131 Å². The van der Waals surface area contributed by atoms with Crippen LogP contribution in [0.5, 0.6) is 0 Å². The molecule has 0 saturated carbocycles. The van der Waals surface area contributed by atoms with Crippen molar-refractivity contribution in [3.63, 3.8) is 0 Å². The van der Waals surface area contributed by atoms with E-state index in [9.17, 15) is 0 Å². The fourth-order valence-corrected chi connectivity index (χ4v) is 2.49. The highest BCUT2D eigenvalue weighted by atomic mass is 15.3. The second-order valence-electron chi connectivity index (χ2n) is 7.10. The van der Waals surface area contributed by atoms with Crippen molar-refractivity contribution in [2.45, 2.75) is 79.7 Å². The maximum atomic E-state index is 4.62. The minimum atomic E-state index is 0.339. The van der Waals surface area contributed by atoms with E-state index >= 15 is 0 Å². The lowest BCUT2D eigenvalue weighted by molar-refractivity contribution is 0.365. The summed E-state index contributed by atoms with van der Waals surface area (Å²) in [4.78, 5) is 11.7. The molecule has 1 rings (SSSR count). The third kappa shape index (κ3) is 6.03. The molecule has 1 heterocycles. The van der Waals surface area contributed by atoms with E-state index in [1.807, 2.05) is 12.4 Å². The van der Waals surface area contributed by atoms with E-state index in [1.165, 1.54) is 18.4 Å². The van der Waals surface area contributed by atoms with Crippen molar-refractivity contribution in [3.8, 4) is 0 Å². The molecule has 1 atom stereocenters. The molecule has 0 aliphatic heterocycles. The van der Waals surface area contributed by atoms with Crippen LogP contribution in [0.15, 0.2) is 12.4 Å². The van der Waals surface area contributed by atoms with E-state index in [0.717, 1.165) is 31.8 Å². The van der Waals surface area contributed by atoms with Gasteiger partial charge in [-0.25, -0.2) is 9.97 Å². The fraction of sp³-hybridized carbons (Fsp3) is 0.778. The van der Waals surface area contributed by atoms with E-state index in [0.29, 0.717) is 11.5 Å². The first kappa shape index (κ1) is 17.9. The molecule has 0 radical (unpaired) electrons. The highest BCUT2D eigenvalue weighted by Gasteiger charge is 2.21. The summed E-state index contributed by atoms with van der Waals surface area (Å²) >= 11 is 0. The van der Waals surface area contributed by atoms with Gasteiger partial charge in [-0.1, -0.05) is 48.0 Å². The molecule has 0 aliphatic rings. The van der Waals surface area contributed by atoms with Crippen LogP contribution >= 0.6 is 0 Å². The molecule has 0 amide bonds. The van der Waals surface area contributed by atoms with Crippen LogP contribution in [0.25, 0.3) is 0 Å². The van der Waals surface area contributed by atoms with Crippen LogP contribution in [0.4, 0.5) is 5.95 Å². The molecule has 1 aromatic heterocycles. The van der Waals surface area contributed by atoms with E-state index in [4.69, 9.17) is 0 Å². The average molecular weight is 291 g/mol. The molecule has 0 bridgehead atoms. The van der Waals surface area contributed by atoms with Crippen molar-refractivity contribution in [1.29, 1.82) is 0 Å². The highest BCUT2D eigenvalue weighted by Crippen LogP contribution is 2.24. The van der Waals surface area contributed by atoms with Gasteiger partial charge < -0.3 is 4.90 Å². The Bertz CT molecular complexity index is 392. The first-order valence-corrected chi connectivity index (χ1v) is 8.48. The number of nitrogens with zero attached hydrogens (tertiary/aromatic N) is 3. The molecule has 21 heavy (non-hydrogen) atoms. The number of anilines is 1. The summed E-state index contributed by atoms with van der Waals surface area (Å²) in [5.74, 6) is 0.900. The lowest BCUT2D eigenvalue weighted by Gasteiger charge is -2.33. The Kier molecular flexibility index (Phi) is 7.13. The van der Waals surface area contributed by atoms with Crippen LogP contribution in [0.2, 0.25) is 0 Å². The highest BCUT2D eigenvalue weighted by molar-refractivity contribution is 5.31. The van der Waals surface area contributed by atoms with Crippen molar-refractivity contribution in [3.05, 3.63) is 18.0 Å². The summed E-state index contributed by atoms with van der Waals surface area (Å²) in [6.07, 6.45) is 9.67. The van der Waals surface area contributed by atoms with E-state index in [2.05, 4.69) is 56.4 Å². The minimum absolute atomic E-state index is 0.339. The molecule has 0 spiro atoms. The van der Waals surface area contributed by atoms with Gasteiger partial charge in [0.05, 0.1) is 0 Å². The number of hydrogen-bond donors (Lipinski definition) is 0. The Morgan fingerprint density at radius 1 is 1.10 bits per heavy atom. The van der Waals surface area contributed by atoms with Crippen molar-refractivity contribution >= 4 is 5.95 Å². The smallest absolute Gasteiger partial charge is 0.225 e. The summed E-state index contributed by atoms with van der Waals surface area (Å²) in [6, 6.07) is 0.546. The van der Waals surface area contributed by atoms with E-state index in [-0.39, 0.29) is 0 Å². The zero-order chi connectivity index (χ0) is 15.9. The Morgan fingerprint density at radius 3 is 2.14 bits per heavy atom. The Hall–Kier alpha value is -1.12. The second-order valence-corrected chi connectivity index (χ2v) is 7.10.